The Balaban J connectivity index is 3.39. The molecule has 0 spiro atoms. The second-order valence-electron chi connectivity index (χ2n) is 5.05. The van der Waals surface area contributed by atoms with E-state index in [1.54, 1.807) is 6.92 Å². The molecule has 0 saturated heterocycles. The van der Waals surface area contributed by atoms with Gasteiger partial charge in [0.2, 0.25) is 6.41 Å². The summed E-state index contributed by atoms with van der Waals surface area (Å²) in [6.07, 6.45) is 1.34. The van der Waals surface area contributed by atoms with Gasteiger partial charge < -0.3 is 10.0 Å². The number of nitrogens with zero attached hydrogens (tertiary/aromatic N) is 1. The maximum Gasteiger partial charge on any atom is 0.334 e. The molecule has 1 atom stereocenters. The lowest BCUT2D eigenvalue weighted by atomic mass is 9.88. The summed E-state index contributed by atoms with van der Waals surface area (Å²) in [5, 5.41) is 9.60. The number of rotatable bonds is 6. The van der Waals surface area contributed by atoms with Crippen molar-refractivity contribution in [2.75, 3.05) is 6.54 Å². The minimum atomic E-state index is -1.32. The maximum atomic E-state index is 11.7. The molecule has 1 rings (SSSR count). The van der Waals surface area contributed by atoms with Crippen LogP contribution in [0.4, 0.5) is 0 Å². The molecule has 1 aromatic carbocycles. The van der Waals surface area contributed by atoms with Crippen molar-refractivity contribution in [3.8, 4) is 0 Å². The quantitative estimate of drug-likeness (QED) is 0.802. The average molecular weight is 263 g/mol. The van der Waals surface area contributed by atoms with Gasteiger partial charge in [0.05, 0.1) is 0 Å². The zero-order valence-electron chi connectivity index (χ0n) is 11.9. The Hall–Kier alpha value is -1.84. The van der Waals surface area contributed by atoms with Crippen LogP contribution in [-0.4, -0.2) is 28.9 Å². The van der Waals surface area contributed by atoms with Gasteiger partial charge in [-0.1, -0.05) is 36.2 Å². The fourth-order valence-electron chi connectivity index (χ4n) is 2.29. The van der Waals surface area contributed by atoms with E-state index in [9.17, 15) is 14.7 Å². The van der Waals surface area contributed by atoms with Crippen LogP contribution in [0.15, 0.2) is 18.2 Å². The summed E-state index contributed by atoms with van der Waals surface area (Å²) in [6.45, 7) is 7.75. The first-order chi connectivity index (χ1) is 8.86. The first-order valence-electron chi connectivity index (χ1n) is 6.40. The molecule has 0 aromatic heterocycles. The number of hydrogen-bond donors (Lipinski definition) is 1. The molecule has 0 bridgehead atoms. The van der Waals surface area contributed by atoms with E-state index in [-0.39, 0.29) is 0 Å². The Morgan fingerprint density at radius 1 is 1.32 bits per heavy atom. The smallest absolute Gasteiger partial charge is 0.334 e. The van der Waals surface area contributed by atoms with E-state index in [0.29, 0.717) is 24.9 Å². The molecule has 0 fully saturated rings. The minimum Gasteiger partial charge on any atom is -0.479 e. The second-order valence-corrected chi connectivity index (χ2v) is 5.05. The van der Waals surface area contributed by atoms with Crippen molar-refractivity contribution in [3.63, 3.8) is 0 Å². The summed E-state index contributed by atoms with van der Waals surface area (Å²) < 4.78 is 0. The van der Waals surface area contributed by atoms with Crippen molar-refractivity contribution in [3.05, 3.63) is 34.9 Å². The fourth-order valence-corrected chi connectivity index (χ4v) is 2.29. The largest absolute Gasteiger partial charge is 0.479 e. The Morgan fingerprint density at radius 2 is 1.84 bits per heavy atom. The summed E-state index contributed by atoms with van der Waals surface area (Å²) >= 11 is 0. The van der Waals surface area contributed by atoms with Gasteiger partial charge in [-0.05, 0) is 32.8 Å². The van der Waals surface area contributed by atoms with Crippen LogP contribution in [0.2, 0.25) is 0 Å². The third-order valence-electron chi connectivity index (χ3n) is 3.37. The van der Waals surface area contributed by atoms with Crippen LogP contribution in [0, 0.1) is 13.8 Å². The molecule has 19 heavy (non-hydrogen) atoms. The lowest BCUT2D eigenvalue weighted by Gasteiger charge is -2.35. The molecule has 1 N–H and O–H groups in total. The number of carbonyl (C=O) groups is 2. The Kier molecular flexibility index (Phi) is 4.70. The summed E-state index contributed by atoms with van der Waals surface area (Å²) in [5.74, 6) is -1.02. The van der Waals surface area contributed by atoms with E-state index in [1.165, 1.54) is 4.90 Å². The van der Waals surface area contributed by atoms with Crippen molar-refractivity contribution in [1.82, 2.24) is 4.90 Å². The van der Waals surface area contributed by atoms with E-state index in [4.69, 9.17) is 0 Å². The molecule has 4 nitrogen and oxygen atoms in total. The number of carboxylic acids is 1. The van der Waals surface area contributed by atoms with Crippen molar-refractivity contribution in [1.29, 1.82) is 0 Å². The molecule has 1 unspecified atom stereocenters. The Bertz CT molecular complexity index is 464. The minimum absolute atomic E-state index is 0.416. The molecule has 0 saturated carbocycles. The lowest BCUT2D eigenvalue weighted by Crippen LogP contribution is -2.49. The highest BCUT2D eigenvalue weighted by Gasteiger charge is 2.40. The molecular weight excluding hydrogens is 242 g/mol. The number of aliphatic carboxylic acids is 1. The Morgan fingerprint density at radius 3 is 2.21 bits per heavy atom. The van der Waals surface area contributed by atoms with Gasteiger partial charge in [0.15, 0.2) is 5.54 Å². The van der Waals surface area contributed by atoms with Gasteiger partial charge in [0, 0.05) is 6.54 Å². The maximum absolute atomic E-state index is 11.7. The molecule has 1 aromatic rings. The second kappa shape index (κ2) is 5.87. The van der Waals surface area contributed by atoms with Crippen LogP contribution in [0.1, 0.15) is 37.0 Å². The highest BCUT2D eigenvalue weighted by Crippen LogP contribution is 2.29. The standard InChI is InChI=1S/C15H21NO3/c1-5-6-16(10-17)15(4,14(18)19)13-8-11(2)7-12(3)9-13/h7-10H,5-6H2,1-4H3,(H,18,19). The number of aryl methyl sites for hydroxylation is 2. The van der Waals surface area contributed by atoms with Crippen LogP contribution in [-0.2, 0) is 15.1 Å². The van der Waals surface area contributed by atoms with Crippen molar-refractivity contribution >= 4 is 12.4 Å². The molecular formula is C15H21NO3. The molecule has 0 radical (unpaired) electrons. The van der Waals surface area contributed by atoms with Gasteiger partial charge in [0.1, 0.15) is 0 Å². The molecule has 1 amide bonds. The Labute approximate surface area is 114 Å². The summed E-state index contributed by atoms with van der Waals surface area (Å²) in [7, 11) is 0. The molecule has 4 heteroatoms. The van der Waals surface area contributed by atoms with Crippen LogP contribution in [0.5, 0.6) is 0 Å². The normalized spacial score (nSPS) is 13.7. The molecule has 0 aliphatic heterocycles. The van der Waals surface area contributed by atoms with Crippen molar-refractivity contribution < 1.29 is 14.7 Å². The number of carboxylic acid groups (broad SMARTS) is 1. The van der Waals surface area contributed by atoms with Gasteiger partial charge in [-0.15, -0.1) is 0 Å². The highest BCUT2D eigenvalue weighted by molar-refractivity contribution is 5.83. The van der Waals surface area contributed by atoms with Gasteiger partial charge in [0.25, 0.3) is 0 Å². The summed E-state index contributed by atoms with van der Waals surface area (Å²) in [4.78, 5) is 24.3. The third-order valence-corrected chi connectivity index (χ3v) is 3.37. The predicted molar refractivity (Wildman–Crippen MR) is 74.0 cm³/mol. The monoisotopic (exact) mass is 263 g/mol. The van der Waals surface area contributed by atoms with Crippen molar-refractivity contribution in [2.24, 2.45) is 0 Å². The van der Waals surface area contributed by atoms with E-state index < -0.39 is 11.5 Å². The summed E-state index contributed by atoms with van der Waals surface area (Å²) in [5.41, 5.74) is 1.29. The van der Waals surface area contributed by atoms with E-state index >= 15 is 0 Å². The van der Waals surface area contributed by atoms with E-state index in [1.807, 2.05) is 39.0 Å². The SMILES string of the molecule is CCCN(C=O)C(C)(C(=O)O)c1cc(C)cc(C)c1. The van der Waals surface area contributed by atoms with Gasteiger partial charge >= 0.3 is 5.97 Å². The zero-order valence-corrected chi connectivity index (χ0v) is 11.9. The first kappa shape index (κ1) is 15.2. The highest BCUT2D eigenvalue weighted by atomic mass is 16.4. The van der Waals surface area contributed by atoms with Crippen LogP contribution < -0.4 is 0 Å². The molecule has 0 aliphatic carbocycles. The van der Waals surface area contributed by atoms with Crippen LogP contribution in [0.25, 0.3) is 0 Å². The topological polar surface area (TPSA) is 57.6 Å². The van der Waals surface area contributed by atoms with Gasteiger partial charge in [-0.25, -0.2) is 4.79 Å². The van der Waals surface area contributed by atoms with Crippen LogP contribution >= 0.6 is 0 Å². The van der Waals surface area contributed by atoms with Crippen LogP contribution in [0.3, 0.4) is 0 Å². The zero-order chi connectivity index (χ0) is 14.6. The number of carbonyl (C=O) groups excluding carboxylic acids is 1. The first-order valence-corrected chi connectivity index (χ1v) is 6.40. The fraction of sp³-hybridized carbons (Fsp3) is 0.467. The number of benzene rings is 1. The third kappa shape index (κ3) is 2.95. The number of hydrogen-bond acceptors (Lipinski definition) is 2. The molecule has 0 aliphatic rings. The van der Waals surface area contributed by atoms with E-state index in [2.05, 4.69) is 0 Å². The number of amides is 1. The average Bonchev–Trinajstić information content (AvgIpc) is 2.33. The molecule has 104 valence electrons. The molecule has 0 heterocycles. The summed E-state index contributed by atoms with van der Waals surface area (Å²) in [6, 6.07) is 5.64. The van der Waals surface area contributed by atoms with E-state index in [0.717, 1.165) is 11.1 Å². The van der Waals surface area contributed by atoms with Crippen molar-refractivity contribution in [2.45, 2.75) is 39.7 Å². The predicted octanol–water partition coefficient (Wildman–Crippen LogP) is 2.47. The lowest BCUT2D eigenvalue weighted by molar-refractivity contribution is -0.154. The van der Waals surface area contributed by atoms with Gasteiger partial charge in [-0.2, -0.15) is 0 Å². The van der Waals surface area contributed by atoms with Gasteiger partial charge in [-0.3, -0.25) is 4.79 Å².